The minimum absolute atomic E-state index is 0.418. The maximum atomic E-state index is 9.02. The molecule has 0 N–H and O–H groups in total. The van der Waals surface area contributed by atoms with E-state index in [0.717, 1.165) is 15.4 Å². The fourth-order valence-corrected chi connectivity index (χ4v) is 2.80. The van der Waals surface area contributed by atoms with Crippen LogP contribution in [0.25, 0.3) is 20.9 Å². The summed E-state index contributed by atoms with van der Waals surface area (Å²) in [6.07, 6.45) is 1.44. The number of ether oxygens (including phenoxy) is 1. The number of nitriles is 1. The van der Waals surface area contributed by atoms with Crippen molar-refractivity contribution in [2.45, 2.75) is 0 Å². The summed E-state index contributed by atoms with van der Waals surface area (Å²) in [6, 6.07) is 7.27. The maximum Gasteiger partial charge on any atom is 0.244 e. The predicted molar refractivity (Wildman–Crippen MR) is 76.9 cm³/mol. The van der Waals surface area contributed by atoms with Crippen molar-refractivity contribution in [3.05, 3.63) is 35.1 Å². The third-order valence-electron chi connectivity index (χ3n) is 2.69. The van der Waals surface area contributed by atoms with E-state index in [0.29, 0.717) is 22.0 Å². The zero-order valence-electron chi connectivity index (χ0n) is 10.3. The van der Waals surface area contributed by atoms with E-state index in [9.17, 15) is 0 Å². The van der Waals surface area contributed by atoms with E-state index in [2.05, 4.69) is 21.0 Å². The number of aromatic nitrogens is 3. The van der Waals surface area contributed by atoms with E-state index in [4.69, 9.17) is 21.6 Å². The van der Waals surface area contributed by atoms with Crippen molar-refractivity contribution in [2.24, 2.45) is 0 Å². The third-order valence-corrected chi connectivity index (χ3v) is 4.03. The molecule has 0 spiro atoms. The Balaban J connectivity index is 2.18. The molecule has 0 radical (unpaired) electrons. The van der Waals surface area contributed by atoms with Gasteiger partial charge in [0.05, 0.1) is 17.7 Å². The van der Waals surface area contributed by atoms with E-state index in [1.807, 2.05) is 6.07 Å². The van der Waals surface area contributed by atoms with Gasteiger partial charge in [0.2, 0.25) is 5.88 Å². The second kappa shape index (κ2) is 5.04. The van der Waals surface area contributed by atoms with Gasteiger partial charge in [-0.1, -0.05) is 29.0 Å². The van der Waals surface area contributed by atoms with Gasteiger partial charge in [0.15, 0.2) is 10.3 Å². The van der Waals surface area contributed by atoms with Crippen LogP contribution in [0.4, 0.5) is 0 Å². The van der Waals surface area contributed by atoms with E-state index in [1.165, 1.54) is 24.8 Å². The molecule has 20 heavy (non-hydrogen) atoms. The topological polar surface area (TPSA) is 71.7 Å². The Morgan fingerprint density at radius 3 is 2.95 bits per heavy atom. The summed E-state index contributed by atoms with van der Waals surface area (Å²) >= 11 is 7.34. The first kappa shape index (κ1) is 12.8. The van der Waals surface area contributed by atoms with Gasteiger partial charge < -0.3 is 4.74 Å². The summed E-state index contributed by atoms with van der Waals surface area (Å²) in [5, 5.41) is 10.2. The number of rotatable bonds is 2. The molecule has 0 bridgehead atoms. The average Bonchev–Trinajstić information content (AvgIpc) is 2.91. The molecule has 1 aromatic carbocycles. The molecule has 2 heterocycles. The third kappa shape index (κ3) is 2.07. The second-order valence-corrected chi connectivity index (χ2v) is 5.25. The molecule has 3 rings (SSSR count). The molecule has 0 aliphatic rings. The lowest BCUT2D eigenvalue weighted by molar-refractivity contribution is 0.402. The molecular formula is C13H7ClN4OS. The smallest absolute Gasteiger partial charge is 0.244 e. The number of fused-ring (bicyclic) bond motifs is 1. The summed E-state index contributed by atoms with van der Waals surface area (Å²) in [6.45, 7) is 0. The average molecular weight is 303 g/mol. The molecule has 98 valence electrons. The highest BCUT2D eigenvalue weighted by molar-refractivity contribution is 7.21. The molecule has 0 unspecified atom stereocenters. The number of halogens is 1. The van der Waals surface area contributed by atoms with Crippen molar-refractivity contribution in [3.63, 3.8) is 0 Å². The first-order valence-electron chi connectivity index (χ1n) is 5.58. The summed E-state index contributed by atoms with van der Waals surface area (Å²) in [5.41, 5.74) is 1.85. The van der Waals surface area contributed by atoms with E-state index in [1.54, 1.807) is 12.1 Å². The molecule has 0 saturated carbocycles. The van der Waals surface area contributed by atoms with Crippen molar-refractivity contribution >= 4 is 33.3 Å². The van der Waals surface area contributed by atoms with Gasteiger partial charge in [0.1, 0.15) is 17.4 Å². The van der Waals surface area contributed by atoms with Crippen LogP contribution >= 0.6 is 22.9 Å². The SMILES string of the molecule is COc1ncnc2sc(-c3ccc(Cl)c(C#N)c3)nc12. The van der Waals surface area contributed by atoms with Crippen LogP contribution in [0, 0.1) is 11.3 Å². The predicted octanol–water partition coefficient (Wildman–Crippen LogP) is 3.29. The number of hydrogen-bond donors (Lipinski definition) is 0. The summed E-state index contributed by atoms with van der Waals surface area (Å²) in [4.78, 5) is 13.4. The van der Waals surface area contributed by atoms with Crippen LogP contribution < -0.4 is 4.74 Å². The van der Waals surface area contributed by atoms with Crippen LogP contribution in [0.5, 0.6) is 5.88 Å². The Bertz CT molecular complexity index is 840. The molecule has 2 aromatic heterocycles. The number of methoxy groups -OCH3 is 1. The first-order chi connectivity index (χ1) is 9.72. The van der Waals surface area contributed by atoms with Crippen molar-refractivity contribution in [2.75, 3.05) is 7.11 Å². The summed E-state index contributed by atoms with van der Waals surface area (Å²) in [5.74, 6) is 0.437. The Kier molecular flexibility index (Phi) is 3.22. The lowest BCUT2D eigenvalue weighted by atomic mass is 10.1. The van der Waals surface area contributed by atoms with Gasteiger partial charge in [-0.3, -0.25) is 0 Å². The highest BCUT2D eigenvalue weighted by atomic mass is 35.5. The first-order valence-corrected chi connectivity index (χ1v) is 6.78. The van der Waals surface area contributed by atoms with Gasteiger partial charge in [0, 0.05) is 5.56 Å². The second-order valence-electron chi connectivity index (χ2n) is 3.86. The zero-order valence-corrected chi connectivity index (χ0v) is 11.9. The molecule has 0 amide bonds. The highest BCUT2D eigenvalue weighted by Crippen LogP contribution is 2.33. The largest absolute Gasteiger partial charge is 0.479 e. The molecule has 5 nitrogen and oxygen atoms in total. The monoisotopic (exact) mass is 302 g/mol. The lowest BCUT2D eigenvalue weighted by Gasteiger charge is -1.98. The maximum absolute atomic E-state index is 9.02. The standard InChI is InChI=1S/C13H7ClN4OS/c1-19-11-10-13(17-6-16-11)20-12(18-10)7-2-3-9(14)8(4-7)5-15/h2-4,6H,1H3. The zero-order chi connectivity index (χ0) is 14.1. The molecule has 0 saturated heterocycles. The molecule has 7 heteroatoms. The Hall–Kier alpha value is -2.23. The molecular weight excluding hydrogens is 296 g/mol. The van der Waals surface area contributed by atoms with E-state index < -0.39 is 0 Å². The number of thiazole rings is 1. The van der Waals surface area contributed by atoms with Crippen LogP contribution in [-0.2, 0) is 0 Å². The lowest BCUT2D eigenvalue weighted by Crippen LogP contribution is -1.89. The van der Waals surface area contributed by atoms with Gasteiger partial charge in [-0.25, -0.2) is 9.97 Å². The van der Waals surface area contributed by atoms with E-state index >= 15 is 0 Å². The minimum atomic E-state index is 0.418. The highest BCUT2D eigenvalue weighted by Gasteiger charge is 2.13. The Labute approximate surface area is 123 Å². The number of nitrogens with zero attached hydrogens (tertiary/aromatic N) is 4. The molecule has 0 fully saturated rings. The fourth-order valence-electron chi connectivity index (χ4n) is 1.75. The molecule has 0 aliphatic carbocycles. The Morgan fingerprint density at radius 1 is 1.35 bits per heavy atom. The quantitative estimate of drug-likeness (QED) is 0.726. The van der Waals surface area contributed by atoms with Gasteiger partial charge in [-0.15, -0.1) is 0 Å². The molecule has 0 atom stereocenters. The van der Waals surface area contributed by atoms with Crippen LogP contribution in [0.1, 0.15) is 5.56 Å². The van der Waals surface area contributed by atoms with Crippen LogP contribution in [-0.4, -0.2) is 22.1 Å². The summed E-state index contributed by atoms with van der Waals surface area (Å²) in [7, 11) is 1.54. The molecule has 3 aromatic rings. The van der Waals surface area contributed by atoms with Crippen molar-refractivity contribution in [1.82, 2.24) is 15.0 Å². The van der Waals surface area contributed by atoms with E-state index in [-0.39, 0.29) is 0 Å². The normalized spacial score (nSPS) is 10.4. The number of hydrogen-bond acceptors (Lipinski definition) is 6. The van der Waals surface area contributed by atoms with Gasteiger partial charge >= 0.3 is 0 Å². The van der Waals surface area contributed by atoms with Gasteiger partial charge in [-0.2, -0.15) is 10.2 Å². The Morgan fingerprint density at radius 2 is 2.20 bits per heavy atom. The van der Waals surface area contributed by atoms with Crippen molar-refractivity contribution < 1.29 is 4.74 Å². The number of benzene rings is 1. The van der Waals surface area contributed by atoms with Gasteiger partial charge in [-0.05, 0) is 12.1 Å². The van der Waals surface area contributed by atoms with Gasteiger partial charge in [0.25, 0.3) is 0 Å². The molecule has 0 aliphatic heterocycles. The summed E-state index contributed by atoms with van der Waals surface area (Å²) < 4.78 is 5.16. The van der Waals surface area contributed by atoms with Crippen molar-refractivity contribution in [1.29, 1.82) is 5.26 Å². The van der Waals surface area contributed by atoms with Crippen LogP contribution in [0.2, 0.25) is 5.02 Å². The minimum Gasteiger partial charge on any atom is -0.479 e. The van der Waals surface area contributed by atoms with Crippen LogP contribution in [0.15, 0.2) is 24.5 Å². The van der Waals surface area contributed by atoms with Crippen molar-refractivity contribution in [3.8, 4) is 22.5 Å². The fraction of sp³-hybridized carbons (Fsp3) is 0.0769. The van der Waals surface area contributed by atoms with Crippen LogP contribution in [0.3, 0.4) is 0 Å².